The summed E-state index contributed by atoms with van der Waals surface area (Å²) >= 11 is 6.61. The highest BCUT2D eigenvalue weighted by molar-refractivity contribution is 8.26. The highest BCUT2D eigenvalue weighted by atomic mass is 32.2. The lowest BCUT2D eigenvalue weighted by atomic mass is 10.1. The first-order valence-corrected chi connectivity index (χ1v) is 11.2. The largest absolute Gasteiger partial charge is 0.293 e. The number of hydrazine groups is 1. The fourth-order valence-electron chi connectivity index (χ4n) is 2.94. The highest BCUT2D eigenvalue weighted by Crippen LogP contribution is 2.32. The minimum absolute atomic E-state index is 0.146. The molecule has 0 aromatic heterocycles. The molecule has 1 heterocycles. The summed E-state index contributed by atoms with van der Waals surface area (Å²) in [5.74, 6) is -0.864. The summed E-state index contributed by atoms with van der Waals surface area (Å²) in [4.78, 5) is 38.7. The van der Waals surface area contributed by atoms with Crippen LogP contribution in [-0.2, 0) is 16.0 Å². The van der Waals surface area contributed by atoms with Crippen molar-refractivity contribution in [2.24, 2.45) is 0 Å². The van der Waals surface area contributed by atoms with Gasteiger partial charge < -0.3 is 0 Å². The monoisotopic (exact) mass is 453 g/mol. The number of thioether (sulfide) groups is 1. The van der Waals surface area contributed by atoms with Crippen LogP contribution in [-0.4, -0.2) is 33.5 Å². The van der Waals surface area contributed by atoms with Gasteiger partial charge in [0.2, 0.25) is 5.91 Å². The van der Waals surface area contributed by atoms with Crippen molar-refractivity contribution in [3.63, 3.8) is 0 Å². The lowest BCUT2D eigenvalue weighted by molar-refractivity contribution is -0.124. The molecule has 3 amide bonds. The Morgan fingerprint density at radius 1 is 1.06 bits per heavy atom. The molecule has 0 unspecified atom stereocenters. The molecule has 0 bridgehead atoms. The number of carbonyl (C=O) groups excluding carboxylic acids is 3. The molecule has 3 rings (SSSR count). The Balaban J connectivity index is 1.46. The Morgan fingerprint density at radius 2 is 1.77 bits per heavy atom. The van der Waals surface area contributed by atoms with E-state index in [1.165, 1.54) is 22.2 Å². The number of hydrogen-bond acceptors (Lipinski definition) is 5. The molecule has 0 radical (unpaired) electrons. The smallest absolute Gasteiger partial charge is 0.269 e. The third kappa shape index (κ3) is 6.26. The standard InChI is InChI=1S/C23H23N3O3S2/c1-2-16-10-12-17(13-11-16)15-19-22(29)26(23(30)31-19)14-6-9-20(27)24-25-21(28)18-7-4-3-5-8-18/h3-5,7-8,10-13,15H,2,6,9,14H2,1H3,(H,24,27)(H,25,28)/b19-15+. The number of thiocarbonyl (C=S) groups is 1. The van der Waals surface area contributed by atoms with Gasteiger partial charge in [-0.15, -0.1) is 0 Å². The number of nitrogens with zero attached hydrogens (tertiary/aromatic N) is 1. The Hall–Kier alpha value is -2.97. The van der Waals surface area contributed by atoms with E-state index >= 15 is 0 Å². The van der Waals surface area contributed by atoms with Crippen molar-refractivity contribution in [1.82, 2.24) is 15.8 Å². The van der Waals surface area contributed by atoms with Crippen molar-refractivity contribution in [2.75, 3.05) is 6.54 Å². The molecule has 31 heavy (non-hydrogen) atoms. The van der Waals surface area contributed by atoms with E-state index in [1.54, 1.807) is 30.3 Å². The van der Waals surface area contributed by atoms with Crippen LogP contribution in [0, 0.1) is 0 Å². The van der Waals surface area contributed by atoms with Crippen LogP contribution in [0.3, 0.4) is 0 Å². The third-order valence-corrected chi connectivity index (χ3v) is 6.07. The van der Waals surface area contributed by atoms with Crippen LogP contribution in [0.2, 0.25) is 0 Å². The summed E-state index contributed by atoms with van der Waals surface area (Å²) in [6, 6.07) is 16.7. The summed E-state index contributed by atoms with van der Waals surface area (Å²) in [6.07, 6.45) is 3.39. The lowest BCUT2D eigenvalue weighted by Crippen LogP contribution is -2.41. The quantitative estimate of drug-likeness (QED) is 0.380. The van der Waals surface area contributed by atoms with Crippen molar-refractivity contribution in [3.05, 3.63) is 76.2 Å². The van der Waals surface area contributed by atoms with Crippen molar-refractivity contribution in [3.8, 4) is 0 Å². The third-order valence-electron chi connectivity index (χ3n) is 4.70. The molecule has 160 valence electrons. The van der Waals surface area contributed by atoms with Gasteiger partial charge in [-0.1, -0.05) is 73.4 Å². The van der Waals surface area contributed by atoms with Crippen LogP contribution in [0.5, 0.6) is 0 Å². The molecule has 2 aromatic rings. The van der Waals surface area contributed by atoms with Gasteiger partial charge in [-0.05, 0) is 42.2 Å². The Kier molecular flexibility index (Phi) is 7.97. The zero-order valence-corrected chi connectivity index (χ0v) is 18.7. The molecule has 1 aliphatic heterocycles. The van der Waals surface area contributed by atoms with Crippen molar-refractivity contribution in [1.29, 1.82) is 0 Å². The molecule has 6 nitrogen and oxygen atoms in total. The number of amides is 3. The molecule has 1 fully saturated rings. The van der Waals surface area contributed by atoms with E-state index in [2.05, 4.69) is 17.8 Å². The highest BCUT2D eigenvalue weighted by Gasteiger charge is 2.31. The normalized spacial score (nSPS) is 14.7. The van der Waals surface area contributed by atoms with E-state index in [0.29, 0.717) is 27.8 Å². The number of nitrogens with one attached hydrogen (secondary N) is 2. The van der Waals surface area contributed by atoms with Crippen molar-refractivity contribution in [2.45, 2.75) is 26.2 Å². The second-order valence-corrected chi connectivity index (χ2v) is 8.58. The summed E-state index contributed by atoms with van der Waals surface area (Å²) < 4.78 is 0.485. The Labute approximate surface area is 191 Å². The second-order valence-electron chi connectivity index (χ2n) is 6.90. The maximum Gasteiger partial charge on any atom is 0.269 e. The first kappa shape index (κ1) is 22.7. The van der Waals surface area contributed by atoms with Gasteiger partial charge in [-0.2, -0.15) is 0 Å². The zero-order valence-electron chi connectivity index (χ0n) is 17.1. The lowest BCUT2D eigenvalue weighted by Gasteiger charge is -2.14. The summed E-state index contributed by atoms with van der Waals surface area (Å²) in [7, 11) is 0. The van der Waals surface area contributed by atoms with Gasteiger partial charge in [0.1, 0.15) is 4.32 Å². The molecule has 1 saturated heterocycles. The summed E-state index contributed by atoms with van der Waals surface area (Å²) in [5.41, 5.74) is 7.41. The predicted molar refractivity (Wildman–Crippen MR) is 127 cm³/mol. The van der Waals surface area contributed by atoms with Gasteiger partial charge in [0.05, 0.1) is 4.91 Å². The molecular formula is C23H23N3O3S2. The summed E-state index contributed by atoms with van der Waals surface area (Å²) in [6.45, 7) is 2.44. The average molecular weight is 454 g/mol. The van der Waals surface area contributed by atoms with Crippen LogP contribution in [0.25, 0.3) is 6.08 Å². The van der Waals surface area contributed by atoms with Crippen LogP contribution >= 0.6 is 24.0 Å². The fraction of sp³-hybridized carbons (Fsp3) is 0.217. The Morgan fingerprint density at radius 3 is 2.45 bits per heavy atom. The zero-order chi connectivity index (χ0) is 22.2. The first-order chi connectivity index (χ1) is 15.0. The van der Waals surface area contributed by atoms with E-state index < -0.39 is 0 Å². The second kappa shape index (κ2) is 10.9. The number of carbonyl (C=O) groups is 3. The van der Waals surface area contributed by atoms with Crippen molar-refractivity contribution < 1.29 is 14.4 Å². The van der Waals surface area contributed by atoms with E-state index in [4.69, 9.17) is 12.2 Å². The van der Waals surface area contributed by atoms with E-state index in [1.807, 2.05) is 30.3 Å². The molecule has 0 saturated carbocycles. The number of rotatable bonds is 7. The van der Waals surface area contributed by atoms with E-state index in [-0.39, 0.29) is 24.1 Å². The van der Waals surface area contributed by atoms with E-state index in [9.17, 15) is 14.4 Å². The topological polar surface area (TPSA) is 78.5 Å². The molecule has 2 N–H and O–H groups in total. The molecule has 8 heteroatoms. The van der Waals surface area contributed by atoms with Crippen LogP contribution in [0.4, 0.5) is 0 Å². The van der Waals surface area contributed by atoms with Crippen molar-refractivity contribution >= 4 is 52.1 Å². The van der Waals surface area contributed by atoms with Gasteiger partial charge in [0, 0.05) is 18.5 Å². The maximum atomic E-state index is 12.7. The van der Waals surface area contributed by atoms with E-state index in [0.717, 1.165) is 12.0 Å². The number of hydrogen-bond donors (Lipinski definition) is 2. The molecule has 1 aliphatic rings. The SMILES string of the molecule is CCc1ccc(/C=C2/SC(=S)N(CCCC(=O)NNC(=O)c3ccccc3)C2=O)cc1. The van der Waals surface area contributed by atoms with Gasteiger partial charge in [0.15, 0.2) is 0 Å². The molecule has 0 aliphatic carbocycles. The number of benzene rings is 2. The predicted octanol–water partition coefficient (Wildman–Crippen LogP) is 3.69. The van der Waals surface area contributed by atoms with Gasteiger partial charge in [-0.25, -0.2) is 0 Å². The van der Waals surface area contributed by atoms with Crippen LogP contribution < -0.4 is 10.9 Å². The van der Waals surface area contributed by atoms with Crippen LogP contribution in [0.1, 0.15) is 41.3 Å². The number of aryl methyl sites for hydroxylation is 1. The average Bonchev–Trinajstić information content (AvgIpc) is 3.05. The van der Waals surface area contributed by atoms with Gasteiger partial charge >= 0.3 is 0 Å². The van der Waals surface area contributed by atoms with Crippen LogP contribution in [0.15, 0.2) is 59.5 Å². The Bertz CT molecular complexity index is 1000. The van der Waals surface area contributed by atoms with Gasteiger partial charge in [-0.3, -0.25) is 30.1 Å². The molecule has 0 atom stereocenters. The maximum absolute atomic E-state index is 12.7. The fourth-order valence-corrected chi connectivity index (χ4v) is 4.25. The molecular weight excluding hydrogens is 430 g/mol. The first-order valence-electron chi connectivity index (χ1n) is 9.96. The molecule has 2 aromatic carbocycles. The molecule has 0 spiro atoms. The minimum atomic E-state index is -0.386. The minimum Gasteiger partial charge on any atom is -0.293 e. The summed E-state index contributed by atoms with van der Waals surface area (Å²) in [5, 5.41) is 0. The van der Waals surface area contributed by atoms with Gasteiger partial charge in [0.25, 0.3) is 11.8 Å².